The monoisotopic (exact) mass is 236 g/mol. The van der Waals surface area contributed by atoms with Crippen LogP contribution in [-0.2, 0) is 4.79 Å². The standard InChI is InChI=1S/C10H12N4OS/c1-5-3-7-9(14-6(2)8(11)15)12-4-13-10(7)16-5/h3-4,6H,1-2H3,(H2,11,15)(H,12,13,14). The summed E-state index contributed by atoms with van der Waals surface area (Å²) in [6, 6.07) is 1.55. The van der Waals surface area contributed by atoms with Crippen LogP contribution in [0, 0.1) is 6.92 Å². The Morgan fingerprint density at radius 3 is 3.00 bits per heavy atom. The van der Waals surface area contributed by atoms with Crippen molar-refractivity contribution in [2.75, 3.05) is 5.32 Å². The molecular formula is C10H12N4OS. The maximum Gasteiger partial charge on any atom is 0.239 e. The molecule has 0 saturated heterocycles. The van der Waals surface area contributed by atoms with E-state index in [1.54, 1.807) is 18.3 Å². The molecule has 2 heterocycles. The second kappa shape index (κ2) is 4.05. The number of nitrogens with one attached hydrogen (secondary N) is 1. The third-order valence-corrected chi connectivity index (χ3v) is 3.19. The molecule has 0 fully saturated rings. The van der Waals surface area contributed by atoms with Crippen LogP contribution in [0.5, 0.6) is 0 Å². The van der Waals surface area contributed by atoms with E-state index in [9.17, 15) is 4.79 Å². The minimum Gasteiger partial charge on any atom is -0.368 e. The number of aromatic nitrogens is 2. The van der Waals surface area contributed by atoms with Gasteiger partial charge in [-0.1, -0.05) is 0 Å². The van der Waals surface area contributed by atoms with E-state index < -0.39 is 11.9 Å². The Bertz CT molecular complexity index is 537. The Morgan fingerprint density at radius 1 is 1.56 bits per heavy atom. The maximum absolute atomic E-state index is 11.0. The van der Waals surface area contributed by atoms with Gasteiger partial charge >= 0.3 is 0 Å². The molecule has 0 spiro atoms. The van der Waals surface area contributed by atoms with E-state index in [2.05, 4.69) is 15.3 Å². The number of primary amides is 1. The van der Waals surface area contributed by atoms with E-state index in [-0.39, 0.29) is 0 Å². The van der Waals surface area contributed by atoms with Gasteiger partial charge in [0.2, 0.25) is 5.91 Å². The Hall–Kier alpha value is -1.69. The Balaban J connectivity index is 2.40. The maximum atomic E-state index is 11.0. The van der Waals surface area contributed by atoms with E-state index in [1.165, 1.54) is 6.33 Å². The molecule has 2 aromatic heterocycles. The van der Waals surface area contributed by atoms with E-state index in [1.807, 2.05) is 13.0 Å². The molecule has 6 heteroatoms. The van der Waals surface area contributed by atoms with Crippen molar-refractivity contribution in [2.24, 2.45) is 5.73 Å². The second-order valence-electron chi connectivity index (χ2n) is 3.57. The quantitative estimate of drug-likeness (QED) is 0.841. The zero-order valence-electron chi connectivity index (χ0n) is 9.02. The van der Waals surface area contributed by atoms with Crippen LogP contribution in [0.15, 0.2) is 12.4 Å². The first-order chi connectivity index (χ1) is 7.58. The van der Waals surface area contributed by atoms with Crippen molar-refractivity contribution in [3.63, 3.8) is 0 Å². The highest BCUT2D eigenvalue weighted by Crippen LogP contribution is 2.27. The van der Waals surface area contributed by atoms with Crippen molar-refractivity contribution in [3.05, 3.63) is 17.3 Å². The molecule has 0 aliphatic carbocycles. The van der Waals surface area contributed by atoms with Crippen LogP contribution < -0.4 is 11.1 Å². The molecule has 84 valence electrons. The van der Waals surface area contributed by atoms with E-state index >= 15 is 0 Å². The lowest BCUT2D eigenvalue weighted by atomic mass is 10.3. The predicted molar refractivity (Wildman–Crippen MR) is 64.4 cm³/mol. The summed E-state index contributed by atoms with van der Waals surface area (Å²) < 4.78 is 0. The van der Waals surface area contributed by atoms with E-state index in [4.69, 9.17) is 5.73 Å². The average Bonchev–Trinajstić information content (AvgIpc) is 2.59. The third kappa shape index (κ3) is 1.96. The third-order valence-electron chi connectivity index (χ3n) is 2.23. The smallest absolute Gasteiger partial charge is 0.239 e. The number of carbonyl (C=O) groups excluding carboxylic acids is 1. The molecule has 0 aliphatic heterocycles. The minimum absolute atomic E-state index is 0.404. The number of thiophene rings is 1. The Morgan fingerprint density at radius 2 is 2.31 bits per heavy atom. The molecule has 5 nitrogen and oxygen atoms in total. The summed E-state index contributed by atoms with van der Waals surface area (Å²) in [6.07, 6.45) is 1.48. The van der Waals surface area contributed by atoms with E-state index in [0.29, 0.717) is 5.82 Å². The molecule has 3 N–H and O–H groups in total. The number of aryl methyl sites for hydroxylation is 1. The van der Waals surface area contributed by atoms with Crippen molar-refractivity contribution in [3.8, 4) is 0 Å². The van der Waals surface area contributed by atoms with Crippen LogP contribution in [0.1, 0.15) is 11.8 Å². The number of rotatable bonds is 3. The number of carbonyl (C=O) groups is 1. The molecule has 0 bridgehead atoms. The fraction of sp³-hybridized carbons (Fsp3) is 0.300. The van der Waals surface area contributed by atoms with Crippen molar-refractivity contribution in [2.45, 2.75) is 19.9 Å². The highest BCUT2D eigenvalue weighted by atomic mass is 32.1. The molecule has 16 heavy (non-hydrogen) atoms. The van der Waals surface area contributed by atoms with Gasteiger partial charge in [0, 0.05) is 4.88 Å². The molecule has 1 atom stereocenters. The number of amides is 1. The normalized spacial score (nSPS) is 12.6. The lowest BCUT2D eigenvalue weighted by Crippen LogP contribution is -2.32. The van der Waals surface area contributed by atoms with Crippen molar-refractivity contribution >= 4 is 33.3 Å². The minimum atomic E-state index is -0.446. The summed E-state index contributed by atoms with van der Waals surface area (Å²) in [4.78, 5) is 21.3. The molecule has 0 radical (unpaired) electrons. The van der Waals surface area contributed by atoms with Crippen LogP contribution >= 0.6 is 11.3 Å². The number of anilines is 1. The Labute approximate surface area is 96.7 Å². The molecular weight excluding hydrogens is 224 g/mol. The first-order valence-electron chi connectivity index (χ1n) is 4.85. The van der Waals surface area contributed by atoms with Gasteiger partial charge in [0.1, 0.15) is 23.0 Å². The predicted octanol–water partition coefficient (Wildman–Crippen LogP) is 1.29. The van der Waals surface area contributed by atoms with Gasteiger partial charge in [0.25, 0.3) is 0 Å². The first kappa shape index (κ1) is 10.8. The van der Waals surface area contributed by atoms with Gasteiger partial charge in [-0.15, -0.1) is 11.3 Å². The van der Waals surface area contributed by atoms with Crippen LogP contribution in [-0.4, -0.2) is 21.9 Å². The van der Waals surface area contributed by atoms with Crippen molar-refractivity contribution < 1.29 is 4.79 Å². The molecule has 2 aromatic rings. The summed E-state index contributed by atoms with van der Waals surface area (Å²) in [6.45, 7) is 3.71. The van der Waals surface area contributed by atoms with Gasteiger partial charge in [-0.2, -0.15) is 0 Å². The number of hydrogen-bond donors (Lipinski definition) is 2. The molecule has 1 unspecified atom stereocenters. The zero-order chi connectivity index (χ0) is 11.7. The highest BCUT2D eigenvalue weighted by molar-refractivity contribution is 7.18. The van der Waals surface area contributed by atoms with Crippen LogP contribution in [0.2, 0.25) is 0 Å². The van der Waals surface area contributed by atoms with Crippen LogP contribution in [0.25, 0.3) is 10.2 Å². The summed E-state index contributed by atoms with van der Waals surface area (Å²) >= 11 is 1.59. The summed E-state index contributed by atoms with van der Waals surface area (Å²) in [5.41, 5.74) is 5.19. The lowest BCUT2D eigenvalue weighted by Gasteiger charge is -2.10. The SMILES string of the molecule is Cc1cc2c(NC(C)C(N)=O)ncnc2s1. The molecule has 0 aliphatic rings. The Kier molecular flexibility index (Phi) is 2.74. The fourth-order valence-electron chi connectivity index (χ4n) is 1.37. The summed E-state index contributed by atoms with van der Waals surface area (Å²) in [7, 11) is 0. The largest absolute Gasteiger partial charge is 0.368 e. The first-order valence-corrected chi connectivity index (χ1v) is 5.66. The zero-order valence-corrected chi connectivity index (χ0v) is 9.84. The van der Waals surface area contributed by atoms with E-state index in [0.717, 1.165) is 15.1 Å². The van der Waals surface area contributed by atoms with Gasteiger partial charge in [-0.3, -0.25) is 4.79 Å². The molecule has 0 aromatic carbocycles. The average molecular weight is 236 g/mol. The number of nitrogens with two attached hydrogens (primary N) is 1. The second-order valence-corrected chi connectivity index (χ2v) is 4.80. The molecule has 2 rings (SSSR count). The number of hydrogen-bond acceptors (Lipinski definition) is 5. The van der Waals surface area contributed by atoms with Gasteiger partial charge < -0.3 is 11.1 Å². The van der Waals surface area contributed by atoms with Crippen molar-refractivity contribution in [1.29, 1.82) is 0 Å². The van der Waals surface area contributed by atoms with Crippen molar-refractivity contribution in [1.82, 2.24) is 9.97 Å². The van der Waals surface area contributed by atoms with Gasteiger partial charge in [-0.25, -0.2) is 9.97 Å². The lowest BCUT2D eigenvalue weighted by molar-refractivity contribution is -0.118. The summed E-state index contributed by atoms with van der Waals surface area (Å²) in [5.74, 6) is 0.249. The van der Waals surface area contributed by atoms with Crippen LogP contribution in [0.4, 0.5) is 5.82 Å². The van der Waals surface area contributed by atoms with Gasteiger partial charge in [0.05, 0.1) is 5.39 Å². The van der Waals surface area contributed by atoms with Gasteiger partial charge in [-0.05, 0) is 19.9 Å². The molecule has 0 saturated carbocycles. The summed E-state index contributed by atoms with van der Waals surface area (Å²) in [5, 5.41) is 3.91. The molecule has 1 amide bonds. The number of fused-ring (bicyclic) bond motifs is 1. The topological polar surface area (TPSA) is 80.9 Å². The van der Waals surface area contributed by atoms with Gasteiger partial charge in [0.15, 0.2) is 0 Å². The van der Waals surface area contributed by atoms with Crippen LogP contribution in [0.3, 0.4) is 0 Å². The fourth-order valence-corrected chi connectivity index (χ4v) is 2.21. The number of nitrogens with zero attached hydrogens (tertiary/aromatic N) is 2. The highest BCUT2D eigenvalue weighted by Gasteiger charge is 2.12.